The van der Waals surface area contributed by atoms with Crippen LogP contribution in [0.4, 0.5) is 0 Å². The largest absolute Gasteiger partial charge is 0.313 e. The van der Waals surface area contributed by atoms with Crippen molar-refractivity contribution in [2.24, 2.45) is 0 Å². The minimum Gasteiger partial charge on any atom is -0.313 e. The van der Waals surface area contributed by atoms with E-state index in [0.717, 1.165) is 5.56 Å². The standard InChI is InChI=1S/C14H14N2O2/c17-13(12-5-2-1-3-6-12)7-4-9-16-10-8-15-11-14(16)18/h1-3,5-6,8,10-11H,4,7,9H2. The van der Waals surface area contributed by atoms with Crippen molar-refractivity contribution in [2.45, 2.75) is 19.4 Å². The molecule has 1 heterocycles. The molecule has 0 aliphatic rings. The molecule has 2 aromatic rings. The summed E-state index contributed by atoms with van der Waals surface area (Å²) in [5.41, 5.74) is 0.587. The van der Waals surface area contributed by atoms with Crippen molar-refractivity contribution in [1.82, 2.24) is 9.55 Å². The fourth-order valence-corrected chi connectivity index (χ4v) is 1.74. The first kappa shape index (κ1) is 12.2. The topological polar surface area (TPSA) is 52.0 Å². The molecule has 4 nitrogen and oxygen atoms in total. The summed E-state index contributed by atoms with van der Waals surface area (Å²) >= 11 is 0. The number of rotatable bonds is 5. The lowest BCUT2D eigenvalue weighted by Crippen LogP contribution is -2.19. The summed E-state index contributed by atoms with van der Waals surface area (Å²) in [4.78, 5) is 26.9. The summed E-state index contributed by atoms with van der Waals surface area (Å²) < 4.78 is 1.56. The van der Waals surface area contributed by atoms with E-state index in [4.69, 9.17) is 0 Å². The van der Waals surface area contributed by atoms with Crippen molar-refractivity contribution < 1.29 is 4.79 Å². The molecule has 18 heavy (non-hydrogen) atoms. The van der Waals surface area contributed by atoms with Gasteiger partial charge in [-0.25, -0.2) is 0 Å². The summed E-state index contributed by atoms with van der Waals surface area (Å²) in [6.45, 7) is 0.542. The number of ketones is 1. The highest BCUT2D eigenvalue weighted by Gasteiger charge is 2.04. The Kier molecular flexibility index (Phi) is 4.02. The summed E-state index contributed by atoms with van der Waals surface area (Å²) in [5, 5.41) is 0. The number of aryl methyl sites for hydroxylation is 1. The van der Waals surface area contributed by atoms with Gasteiger partial charge in [-0.1, -0.05) is 30.3 Å². The van der Waals surface area contributed by atoms with Gasteiger partial charge in [0.25, 0.3) is 5.56 Å². The molecular weight excluding hydrogens is 228 g/mol. The van der Waals surface area contributed by atoms with Gasteiger partial charge in [-0.05, 0) is 6.42 Å². The summed E-state index contributed by atoms with van der Waals surface area (Å²) in [6.07, 6.45) is 5.57. The molecule has 0 unspecified atom stereocenters. The molecule has 4 heteroatoms. The van der Waals surface area contributed by atoms with E-state index >= 15 is 0 Å². The fourth-order valence-electron chi connectivity index (χ4n) is 1.74. The molecule has 0 fully saturated rings. The molecule has 0 bridgehead atoms. The van der Waals surface area contributed by atoms with Crippen LogP contribution in [-0.2, 0) is 6.54 Å². The Morgan fingerprint density at radius 3 is 2.72 bits per heavy atom. The SMILES string of the molecule is O=C(CCCn1ccncc1=O)c1ccccc1. The highest BCUT2D eigenvalue weighted by Crippen LogP contribution is 2.05. The van der Waals surface area contributed by atoms with Crippen LogP contribution in [-0.4, -0.2) is 15.3 Å². The van der Waals surface area contributed by atoms with E-state index in [1.54, 1.807) is 29.1 Å². The van der Waals surface area contributed by atoms with E-state index in [0.29, 0.717) is 19.4 Å². The van der Waals surface area contributed by atoms with Crippen molar-refractivity contribution in [3.05, 3.63) is 64.8 Å². The quantitative estimate of drug-likeness (QED) is 0.752. The lowest BCUT2D eigenvalue weighted by molar-refractivity contribution is 0.0978. The smallest absolute Gasteiger partial charge is 0.268 e. The zero-order valence-corrected chi connectivity index (χ0v) is 9.95. The van der Waals surface area contributed by atoms with E-state index < -0.39 is 0 Å². The predicted molar refractivity (Wildman–Crippen MR) is 68.5 cm³/mol. The van der Waals surface area contributed by atoms with Crippen molar-refractivity contribution in [3.8, 4) is 0 Å². The summed E-state index contributed by atoms with van der Waals surface area (Å²) in [7, 11) is 0. The van der Waals surface area contributed by atoms with Crippen LogP contribution in [0.3, 0.4) is 0 Å². The first-order chi connectivity index (χ1) is 8.77. The van der Waals surface area contributed by atoms with Crippen molar-refractivity contribution in [1.29, 1.82) is 0 Å². The predicted octanol–water partition coefficient (Wildman–Crippen LogP) is 1.91. The summed E-state index contributed by atoms with van der Waals surface area (Å²) in [5.74, 6) is 0.109. The van der Waals surface area contributed by atoms with Crippen LogP contribution in [0.25, 0.3) is 0 Å². The highest BCUT2D eigenvalue weighted by atomic mass is 16.1. The van der Waals surface area contributed by atoms with Crippen LogP contribution < -0.4 is 5.56 Å². The van der Waals surface area contributed by atoms with Gasteiger partial charge in [-0.3, -0.25) is 14.6 Å². The molecule has 2 rings (SSSR count). The first-order valence-corrected chi connectivity index (χ1v) is 5.86. The van der Waals surface area contributed by atoms with Crippen LogP contribution in [0.5, 0.6) is 0 Å². The third kappa shape index (κ3) is 3.13. The third-order valence-corrected chi connectivity index (χ3v) is 2.70. The molecule has 0 N–H and O–H groups in total. The van der Waals surface area contributed by atoms with E-state index in [2.05, 4.69) is 4.98 Å². The second-order valence-corrected chi connectivity index (χ2v) is 4.00. The molecule has 92 valence electrons. The molecule has 0 saturated heterocycles. The fraction of sp³-hybridized carbons (Fsp3) is 0.214. The Labute approximate surface area is 105 Å². The van der Waals surface area contributed by atoms with E-state index in [1.807, 2.05) is 18.2 Å². The average molecular weight is 242 g/mol. The number of hydrogen-bond acceptors (Lipinski definition) is 3. The van der Waals surface area contributed by atoms with Gasteiger partial charge in [-0.15, -0.1) is 0 Å². The van der Waals surface area contributed by atoms with Gasteiger partial charge in [-0.2, -0.15) is 0 Å². The zero-order chi connectivity index (χ0) is 12.8. The van der Waals surface area contributed by atoms with Crippen LogP contribution in [0.2, 0.25) is 0 Å². The van der Waals surface area contributed by atoms with Gasteiger partial charge in [0.15, 0.2) is 5.78 Å². The molecule has 0 spiro atoms. The Hall–Kier alpha value is -2.23. The van der Waals surface area contributed by atoms with E-state index in [9.17, 15) is 9.59 Å². The van der Waals surface area contributed by atoms with Gasteiger partial charge in [0.05, 0.1) is 6.20 Å². The zero-order valence-electron chi connectivity index (χ0n) is 9.95. The second kappa shape index (κ2) is 5.91. The Balaban J connectivity index is 1.88. The van der Waals surface area contributed by atoms with Crippen molar-refractivity contribution in [3.63, 3.8) is 0 Å². The molecule has 0 radical (unpaired) electrons. The number of carbonyl (C=O) groups is 1. The highest BCUT2D eigenvalue weighted by molar-refractivity contribution is 5.95. The van der Waals surface area contributed by atoms with Gasteiger partial charge in [0.1, 0.15) is 0 Å². The molecule has 0 amide bonds. The average Bonchev–Trinajstić information content (AvgIpc) is 2.42. The normalized spacial score (nSPS) is 10.2. The minimum absolute atomic E-state index is 0.109. The van der Waals surface area contributed by atoms with Crippen LogP contribution in [0.1, 0.15) is 23.2 Å². The maximum absolute atomic E-state index is 11.8. The molecule has 1 aromatic carbocycles. The van der Waals surface area contributed by atoms with E-state index in [-0.39, 0.29) is 11.3 Å². The number of benzene rings is 1. The molecule has 0 aliphatic heterocycles. The Bertz CT molecular complexity index is 576. The third-order valence-electron chi connectivity index (χ3n) is 2.70. The molecular formula is C14H14N2O2. The molecule has 0 saturated carbocycles. The van der Waals surface area contributed by atoms with Crippen LogP contribution in [0.15, 0.2) is 53.7 Å². The Morgan fingerprint density at radius 1 is 1.22 bits per heavy atom. The maximum Gasteiger partial charge on any atom is 0.268 e. The van der Waals surface area contributed by atoms with Gasteiger partial charge in [0, 0.05) is 30.9 Å². The molecule has 0 atom stereocenters. The van der Waals surface area contributed by atoms with Gasteiger partial charge < -0.3 is 4.57 Å². The number of aromatic nitrogens is 2. The molecule has 1 aromatic heterocycles. The lowest BCUT2D eigenvalue weighted by atomic mass is 10.1. The number of hydrogen-bond donors (Lipinski definition) is 0. The number of Topliss-reactive ketones (excluding diaryl/α,β-unsaturated/α-hetero) is 1. The van der Waals surface area contributed by atoms with Crippen molar-refractivity contribution in [2.75, 3.05) is 0 Å². The second-order valence-electron chi connectivity index (χ2n) is 4.00. The van der Waals surface area contributed by atoms with Crippen LogP contribution in [0, 0.1) is 0 Å². The number of nitrogens with zero attached hydrogens (tertiary/aromatic N) is 2. The van der Waals surface area contributed by atoms with E-state index in [1.165, 1.54) is 6.20 Å². The number of carbonyl (C=O) groups excluding carboxylic acids is 1. The lowest BCUT2D eigenvalue weighted by Gasteiger charge is -2.04. The maximum atomic E-state index is 11.8. The van der Waals surface area contributed by atoms with Crippen molar-refractivity contribution >= 4 is 5.78 Å². The monoisotopic (exact) mass is 242 g/mol. The van der Waals surface area contributed by atoms with Crippen LogP contribution >= 0.6 is 0 Å². The van der Waals surface area contributed by atoms with Gasteiger partial charge in [0.2, 0.25) is 0 Å². The molecule has 0 aliphatic carbocycles. The minimum atomic E-state index is -0.135. The Morgan fingerprint density at radius 2 is 2.00 bits per heavy atom. The summed E-state index contributed by atoms with van der Waals surface area (Å²) in [6, 6.07) is 9.19. The first-order valence-electron chi connectivity index (χ1n) is 5.86. The van der Waals surface area contributed by atoms with Gasteiger partial charge >= 0.3 is 0 Å².